The van der Waals surface area contributed by atoms with Crippen LogP contribution in [0.5, 0.6) is 0 Å². The Hall–Kier alpha value is -2.08. The molecule has 0 bridgehead atoms. The zero-order valence-electron chi connectivity index (χ0n) is 10.6. The fourth-order valence-electron chi connectivity index (χ4n) is 1.52. The maximum Gasteiger partial charge on any atom is 0.329 e. The van der Waals surface area contributed by atoms with Crippen LogP contribution in [0.25, 0.3) is 0 Å². The normalized spacial score (nSPS) is 10.1. The molecule has 1 rings (SSSR count). The molecule has 0 aliphatic carbocycles. The quantitative estimate of drug-likeness (QED) is 0.467. The van der Waals surface area contributed by atoms with E-state index in [1.54, 1.807) is 6.07 Å². The summed E-state index contributed by atoms with van der Waals surface area (Å²) in [4.78, 5) is 21.6. The largest absolute Gasteiger partial charge is 0.480 e. The molecule has 0 spiro atoms. The molecule has 0 saturated carbocycles. The van der Waals surface area contributed by atoms with Gasteiger partial charge in [-0.05, 0) is 24.1 Å². The molecule has 0 unspecified atom stereocenters. The summed E-state index contributed by atoms with van der Waals surface area (Å²) < 4.78 is 4.79. The zero-order chi connectivity index (χ0) is 14.1. The van der Waals surface area contributed by atoms with E-state index >= 15 is 0 Å². The van der Waals surface area contributed by atoms with Crippen LogP contribution in [-0.4, -0.2) is 36.7 Å². The molecule has 1 aromatic rings. The molecule has 0 saturated heterocycles. The number of carboxylic acid groups (broad SMARTS) is 1. The van der Waals surface area contributed by atoms with Crippen molar-refractivity contribution in [2.75, 3.05) is 25.5 Å². The highest BCUT2D eigenvalue weighted by atomic mass is 16.5. The molecule has 19 heavy (non-hydrogen) atoms. The van der Waals surface area contributed by atoms with Gasteiger partial charge in [-0.25, -0.2) is 4.79 Å². The summed E-state index contributed by atoms with van der Waals surface area (Å²) >= 11 is 0. The number of aryl methyl sites for hydroxylation is 1. The number of nitrogens with one attached hydrogen (secondary N) is 1. The second kappa shape index (κ2) is 8.10. The molecule has 1 aromatic carbocycles. The Labute approximate surface area is 111 Å². The number of hydrogen-bond donors (Lipinski definition) is 3. The Bertz CT molecular complexity index is 434. The Balaban J connectivity index is 2.13. The molecule has 0 aliphatic heterocycles. The number of nitrogens with two attached hydrogens (primary N) is 1. The molecular formula is C13H18N2O4. The lowest BCUT2D eigenvalue weighted by Gasteiger charge is -2.05. The third kappa shape index (κ3) is 7.05. The van der Waals surface area contributed by atoms with Gasteiger partial charge < -0.3 is 20.9 Å². The first-order valence-electron chi connectivity index (χ1n) is 5.98. The molecule has 4 N–H and O–H groups in total. The van der Waals surface area contributed by atoms with Gasteiger partial charge in [0.25, 0.3) is 0 Å². The second-order valence-electron chi connectivity index (χ2n) is 4.04. The maximum atomic E-state index is 11.5. The average Bonchev–Trinajstić information content (AvgIpc) is 2.35. The third-order valence-electron chi connectivity index (χ3n) is 2.39. The number of rotatable bonds is 8. The monoisotopic (exact) mass is 266 g/mol. The third-order valence-corrected chi connectivity index (χ3v) is 2.39. The van der Waals surface area contributed by atoms with E-state index in [0.717, 1.165) is 5.56 Å². The van der Waals surface area contributed by atoms with E-state index in [2.05, 4.69) is 5.32 Å². The minimum Gasteiger partial charge on any atom is -0.480 e. The first kappa shape index (κ1) is 15.0. The van der Waals surface area contributed by atoms with Crippen molar-refractivity contribution in [3.63, 3.8) is 0 Å². The van der Waals surface area contributed by atoms with Crippen molar-refractivity contribution in [1.29, 1.82) is 0 Å². The summed E-state index contributed by atoms with van der Waals surface area (Å²) in [5, 5.41) is 11.0. The van der Waals surface area contributed by atoms with Crippen LogP contribution < -0.4 is 11.1 Å². The number of hydrogen-bond acceptors (Lipinski definition) is 4. The second-order valence-corrected chi connectivity index (χ2v) is 4.04. The number of ether oxygens (including phenoxy) is 1. The van der Waals surface area contributed by atoms with E-state index in [0.29, 0.717) is 25.1 Å². The molecule has 0 aromatic heterocycles. The molecule has 0 aliphatic rings. The maximum absolute atomic E-state index is 11.5. The van der Waals surface area contributed by atoms with Crippen LogP contribution in [0.15, 0.2) is 24.3 Å². The van der Waals surface area contributed by atoms with Gasteiger partial charge in [-0.2, -0.15) is 0 Å². The van der Waals surface area contributed by atoms with Crippen molar-refractivity contribution in [3.8, 4) is 0 Å². The number of carbonyl (C=O) groups excluding carboxylic acids is 1. The molecule has 0 radical (unpaired) electrons. The van der Waals surface area contributed by atoms with Crippen LogP contribution in [0.3, 0.4) is 0 Å². The first-order valence-corrected chi connectivity index (χ1v) is 5.98. The minimum absolute atomic E-state index is 0.0960. The van der Waals surface area contributed by atoms with Crippen molar-refractivity contribution in [3.05, 3.63) is 29.8 Å². The number of carbonyl (C=O) groups is 2. The summed E-state index contributed by atoms with van der Waals surface area (Å²) in [6.07, 6.45) is 0.981. The number of amides is 1. The number of nitrogen functional groups attached to an aromatic ring is 1. The van der Waals surface area contributed by atoms with Crippen molar-refractivity contribution < 1.29 is 19.4 Å². The van der Waals surface area contributed by atoms with Crippen molar-refractivity contribution >= 4 is 17.6 Å². The SMILES string of the molecule is Nc1cccc(CCC(=O)NCCOCC(=O)O)c1. The van der Waals surface area contributed by atoms with Crippen LogP contribution in [0.1, 0.15) is 12.0 Å². The van der Waals surface area contributed by atoms with Gasteiger partial charge in [-0.3, -0.25) is 4.79 Å². The number of anilines is 1. The Kier molecular flexibility index (Phi) is 6.38. The number of carboxylic acids is 1. The van der Waals surface area contributed by atoms with Gasteiger partial charge in [0, 0.05) is 18.7 Å². The fraction of sp³-hybridized carbons (Fsp3) is 0.385. The number of aliphatic carboxylic acids is 1. The Morgan fingerprint density at radius 3 is 2.84 bits per heavy atom. The summed E-state index contributed by atoms with van der Waals surface area (Å²) in [6.45, 7) is 0.151. The van der Waals surface area contributed by atoms with E-state index in [9.17, 15) is 9.59 Å². The van der Waals surface area contributed by atoms with Crippen molar-refractivity contribution in [1.82, 2.24) is 5.32 Å². The molecule has 0 atom stereocenters. The summed E-state index contributed by atoms with van der Waals surface area (Å²) in [7, 11) is 0. The molecule has 6 nitrogen and oxygen atoms in total. The predicted octanol–water partition coefficient (Wildman–Crippen LogP) is 0.419. The van der Waals surface area contributed by atoms with Gasteiger partial charge in [0.15, 0.2) is 0 Å². The van der Waals surface area contributed by atoms with E-state index in [1.165, 1.54) is 0 Å². The lowest BCUT2D eigenvalue weighted by atomic mass is 10.1. The van der Waals surface area contributed by atoms with Crippen LogP contribution >= 0.6 is 0 Å². The zero-order valence-corrected chi connectivity index (χ0v) is 10.6. The lowest BCUT2D eigenvalue weighted by molar-refractivity contribution is -0.142. The molecule has 6 heteroatoms. The van der Waals surface area contributed by atoms with E-state index in [-0.39, 0.29) is 19.1 Å². The van der Waals surface area contributed by atoms with Gasteiger partial charge in [0.1, 0.15) is 6.61 Å². The number of benzene rings is 1. The van der Waals surface area contributed by atoms with Gasteiger partial charge in [0.2, 0.25) is 5.91 Å². The van der Waals surface area contributed by atoms with Crippen LogP contribution in [0, 0.1) is 0 Å². The van der Waals surface area contributed by atoms with Crippen LogP contribution in [0.2, 0.25) is 0 Å². The van der Waals surface area contributed by atoms with E-state index in [1.807, 2.05) is 18.2 Å². The summed E-state index contributed by atoms with van der Waals surface area (Å²) in [6, 6.07) is 7.40. The minimum atomic E-state index is -1.02. The van der Waals surface area contributed by atoms with E-state index < -0.39 is 5.97 Å². The van der Waals surface area contributed by atoms with Gasteiger partial charge >= 0.3 is 5.97 Å². The highest BCUT2D eigenvalue weighted by Gasteiger charge is 2.02. The molecule has 0 fully saturated rings. The lowest BCUT2D eigenvalue weighted by Crippen LogP contribution is -2.28. The highest BCUT2D eigenvalue weighted by molar-refractivity contribution is 5.76. The topological polar surface area (TPSA) is 102 Å². The van der Waals surface area contributed by atoms with Crippen molar-refractivity contribution in [2.45, 2.75) is 12.8 Å². The first-order chi connectivity index (χ1) is 9.08. The van der Waals surface area contributed by atoms with Gasteiger partial charge in [0.05, 0.1) is 6.61 Å². The van der Waals surface area contributed by atoms with Gasteiger partial charge in [-0.15, -0.1) is 0 Å². The van der Waals surface area contributed by atoms with Crippen molar-refractivity contribution in [2.24, 2.45) is 0 Å². The Morgan fingerprint density at radius 1 is 1.37 bits per heavy atom. The summed E-state index contributed by atoms with van der Waals surface area (Å²) in [5.41, 5.74) is 7.33. The molecular weight excluding hydrogens is 248 g/mol. The van der Waals surface area contributed by atoms with Gasteiger partial charge in [-0.1, -0.05) is 12.1 Å². The van der Waals surface area contributed by atoms with Crippen LogP contribution in [0.4, 0.5) is 5.69 Å². The predicted molar refractivity (Wildman–Crippen MR) is 70.6 cm³/mol. The Morgan fingerprint density at radius 2 is 2.16 bits per heavy atom. The van der Waals surface area contributed by atoms with E-state index in [4.69, 9.17) is 15.6 Å². The fourth-order valence-corrected chi connectivity index (χ4v) is 1.52. The highest BCUT2D eigenvalue weighted by Crippen LogP contribution is 2.08. The summed E-state index contributed by atoms with van der Waals surface area (Å²) in [5.74, 6) is -1.12. The average molecular weight is 266 g/mol. The molecule has 1 amide bonds. The standard InChI is InChI=1S/C13H18N2O4/c14-11-3-1-2-10(8-11)4-5-12(16)15-6-7-19-9-13(17)18/h1-3,8H,4-7,9,14H2,(H,15,16)(H,17,18). The van der Waals surface area contributed by atoms with Crippen LogP contribution in [-0.2, 0) is 20.7 Å². The molecule has 0 heterocycles. The smallest absolute Gasteiger partial charge is 0.329 e. The molecule has 104 valence electrons.